The van der Waals surface area contributed by atoms with Gasteiger partial charge in [0.25, 0.3) is 11.8 Å². The molecule has 1 aromatic heterocycles. The van der Waals surface area contributed by atoms with E-state index in [-0.39, 0.29) is 35.9 Å². The zero-order valence-electron chi connectivity index (χ0n) is 24.8. The number of tetrazole rings is 1. The predicted molar refractivity (Wildman–Crippen MR) is 155 cm³/mol. The van der Waals surface area contributed by atoms with Crippen molar-refractivity contribution >= 4 is 29.5 Å². The molecule has 2 atom stereocenters. The molecule has 1 aliphatic carbocycles. The van der Waals surface area contributed by atoms with Crippen molar-refractivity contribution in [2.24, 2.45) is 0 Å². The van der Waals surface area contributed by atoms with Gasteiger partial charge in [0.2, 0.25) is 17.7 Å². The molecule has 5 rings (SSSR count). The largest absolute Gasteiger partial charge is 0.348 e. The zero-order chi connectivity index (χ0) is 30.9. The molecule has 13 nitrogen and oxygen atoms in total. The highest BCUT2D eigenvalue weighted by Gasteiger charge is 2.45. The first kappa shape index (κ1) is 30.2. The third-order valence-corrected chi connectivity index (χ3v) is 8.51. The normalized spacial score (nSPS) is 20.3. The fourth-order valence-corrected chi connectivity index (χ4v) is 6.30. The van der Waals surface area contributed by atoms with Gasteiger partial charge < -0.3 is 10.6 Å². The molecule has 3 N–H and O–H groups in total. The highest BCUT2D eigenvalue weighted by atomic mass is 16.2. The number of benzene rings is 1. The van der Waals surface area contributed by atoms with Gasteiger partial charge in [-0.05, 0) is 106 Å². The van der Waals surface area contributed by atoms with Gasteiger partial charge in [0.15, 0.2) is 5.82 Å². The highest BCUT2D eigenvalue weighted by Crippen LogP contribution is 2.36. The Labute approximate surface area is 249 Å². The zero-order valence-corrected chi connectivity index (χ0v) is 24.8. The number of rotatable bonds is 12. The summed E-state index contributed by atoms with van der Waals surface area (Å²) in [6.45, 7) is 10.1. The summed E-state index contributed by atoms with van der Waals surface area (Å²) in [5.41, 5.74) is 0.149. The quantitative estimate of drug-likeness (QED) is 0.189. The van der Waals surface area contributed by atoms with Crippen molar-refractivity contribution < 1.29 is 24.0 Å². The van der Waals surface area contributed by atoms with E-state index in [2.05, 4.69) is 38.1 Å². The molecule has 2 aromatic rings. The lowest BCUT2D eigenvalue weighted by Gasteiger charge is -2.39. The van der Waals surface area contributed by atoms with Gasteiger partial charge in [-0.1, -0.05) is 12.6 Å². The lowest BCUT2D eigenvalue weighted by Crippen LogP contribution is -2.54. The van der Waals surface area contributed by atoms with E-state index in [0.29, 0.717) is 31.6 Å². The molecule has 5 amide bonds. The second-order valence-corrected chi connectivity index (χ2v) is 12.5. The first-order chi connectivity index (χ1) is 20.4. The van der Waals surface area contributed by atoms with Crippen molar-refractivity contribution in [2.45, 2.75) is 95.3 Å². The summed E-state index contributed by atoms with van der Waals surface area (Å²) >= 11 is 0. The average Bonchev–Trinajstić information content (AvgIpc) is 3.49. The maximum absolute atomic E-state index is 13.2. The molecule has 0 bridgehead atoms. The van der Waals surface area contributed by atoms with Crippen molar-refractivity contribution in [1.82, 2.24) is 41.1 Å². The van der Waals surface area contributed by atoms with Crippen LogP contribution in [0.1, 0.15) is 104 Å². The minimum atomic E-state index is -0.993. The lowest BCUT2D eigenvalue weighted by molar-refractivity contribution is -0.136. The fourth-order valence-electron chi connectivity index (χ4n) is 6.30. The summed E-state index contributed by atoms with van der Waals surface area (Å²) < 4.78 is 1.90. The molecule has 0 radical (unpaired) electrons. The third-order valence-electron chi connectivity index (χ3n) is 8.51. The second-order valence-electron chi connectivity index (χ2n) is 12.5. The Morgan fingerprint density at radius 3 is 2.53 bits per heavy atom. The molecule has 3 aliphatic rings. The SMILES string of the molecule is C=CC(=O)NC(C)(C)CC(C)(NCCCc1ccc2c(c1)C(=O)N(C1CCC(=O)NC1=O)C2=O)c1nnnn1C1CCC1. The van der Waals surface area contributed by atoms with Crippen LogP contribution in [0.15, 0.2) is 30.9 Å². The summed E-state index contributed by atoms with van der Waals surface area (Å²) in [7, 11) is 0. The summed E-state index contributed by atoms with van der Waals surface area (Å²) in [6.07, 6.45) is 6.46. The minimum absolute atomic E-state index is 0.0752. The Hall–Kier alpha value is -4.26. The van der Waals surface area contributed by atoms with E-state index >= 15 is 0 Å². The number of hydrogen-bond donors (Lipinski definition) is 3. The van der Waals surface area contributed by atoms with E-state index in [1.165, 1.54) is 6.08 Å². The molecule has 2 unspecified atom stereocenters. The molecule has 0 spiro atoms. The maximum atomic E-state index is 13.2. The van der Waals surface area contributed by atoms with Crippen LogP contribution in [0.2, 0.25) is 0 Å². The average molecular weight is 591 g/mol. The van der Waals surface area contributed by atoms with Crippen LogP contribution in [-0.4, -0.2) is 72.8 Å². The third kappa shape index (κ3) is 6.12. The van der Waals surface area contributed by atoms with Gasteiger partial charge in [-0.15, -0.1) is 5.10 Å². The van der Waals surface area contributed by atoms with Crippen molar-refractivity contribution in [1.29, 1.82) is 0 Å². The Bertz CT molecular complexity index is 1480. The molecule has 1 aromatic carbocycles. The molecular formula is C30H38N8O5. The van der Waals surface area contributed by atoms with Gasteiger partial charge in [-0.25, -0.2) is 4.68 Å². The van der Waals surface area contributed by atoms with Gasteiger partial charge in [-0.3, -0.25) is 34.2 Å². The number of piperidine rings is 1. The number of carbonyl (C=O) groups is 5. The van der Waals surface area contributed by atoms with E-state index in [9.17, 15) is 24.0 Å². The smallest absolute Gasteiger partial charge is 0.262 e. The van der Waals surface area contributed by atoms with Gasteiger partial charge in [0.05, 0.1) is 22.7 Å². The Morgan fingerprint density at radius 1 is 1.12 bits per heavy atom. The molecule has 43 heavy (non-hydrogen) atoms. The number of aryl methyl sites for hydroxylation is 1. The number of hydrogen-bond acceptors (Lipinski definition) is 9. The first-order valence-electron chi connectivity index (χ1n) is 14.7. The number of carbonyl (C=O) groups excluding carboxylic acids is 5. The van der Waals surface area contributed by atoms with E-state index in [4.69, 9.17) is 0 Å². The second kappa shape index (κ2) is 11.8. The van der Waals surface area contributed by atoms with Crippen LogP contribution in [0.4, 0.5) is 0 Å². The van der Waals surface area contributed by atoms with E-state index in [1.54, 1.807) is 12.1 Å². The van der Waals surface area contributed by atoms with Crippen LogP contribution >= 0.6 is 0 Å². The molecule has 228 valence electrons. The van der Waals surface area contributed by atoms with Crippen molar-refractivity contribution in [3.05, 3.63) is 53.4 Å². The molecule has 13 heteroatoms. The van der Waals surface area contributed by atoms with E-state index < -0.39 is 40.7 Å². The molecule has 2 aliphatic heterocycles. The van der Waals surface area contributed by atoms with E-state index in [0.717, 1.165) is 29.7 Å². The molecule has 1 saturated heterocycles. The maximum Gasteiger partial charge on any atom is 0.262 e. The number of nitrogens with zero attached hydrogens (tertiary/aromatic N) is 5. The van der Waals surface area contributed by atoms with Crippen LogP contribution in [0.5, 0.6) is 0 Å². The topological polar surface area (TPSA) is 168 Å². The number of imide groups is 2. The summed E-state index contributed by atoms with van der Waals surface area (Å²) in [5, 5.41) is 21.5. The first-order valence-corrected chi connectivity index (χ1v) is 14.7. The number of nitrogens with one attached hydrogen (secondary N) is 3. The number of aromatic nitrogens is 4. The summed E-state index contributed by atoms with van der Waals surface area (Å²) in [5.74, 6) is -1.62. The molecule has 3 heterocycles. The molecule has 2 fully saturated rings. The van der Waals surface area contributed by atoms with Crippen LogP contribution in [0.3, 0.4) is 0 Å². The van der Waals surface area contributed by atoms with Gasteiger partial charge >= 0.3 is 0 Å². The van der Waals surface area contributed by atoms with E-state index in [1.807, 2.05) is 31.5 Å². The van der Waals surface area contributed by atoms with Gasteiger partial charge in [-0.2, -0.15) is 0 Å². The lowest BCUT2D eigenvalue weighted by atomic mass is 9.83. The van der Waals surface area contributed by atoms with Crippen LogP contribution in [0, 0.1) is 0 Å². The number of fused-ring (bicyclic) bond motifs is 1. The summed E-state index contributed by atoms with van der Waals surface area (Å²) in [4.78, 5) is 63.2. The van der Waals surface area contributed by atoms with Crippen LogP contribution in [0.25, 0.3) is 0 Å². The Morgan fingerprint density at radius 2 is 1.86 bits per heavy atom. The predicted octanol–water partition coefficient (Wildman–Crippen LogP) is 1.71. The Kier molecular flexibility index (Phi) is 8.28. The highest BCUT2D eigenvalue weighted by molar-refractivity contribution is 6.23. The molecule has 1 saturated carbocycles. The van der Waals surface area contributed by atoms with Crippen molar-refractivity contribution in [2.75, 3.05) is 6.54 Å². The summed E-state index contributed by atoms with van der Waals surface area (Å²) in [6, 6.07) is 4.43. The van der Waals surface area contributed by atoms with Crippen molar-refractivity contribution in [3.8, 4) is 0 Å². The van der Waals surface area contributed by atoms with Gasteiger partial charge in [0.1, 0.15) is 6.04 Å². The van der Waals surface area contributed by atoms with Crippen molar-refractivity contribution in [3.63, 3.8) is 0 Å². The monoisotopic (exact) mass is 590 g/mol. The standard InChI is InChI=1S/C30H38N8O5/c1-5-23(39)33-29(2,3)17-30(4,28-34-35-36-38(28)19-9-6-10-19)31-15-7-8-18-11-12-20-21(16-18)27(43)37(26(20)42)22-13-14-24(40)32-25(22)41/h5,11-12,16,19,22,31H,1,6-10,13-15,17H2,2-4H3,(H,33,39)(H,32,40,41). The van der Waals surface area contributed by atoms with Crippen LogP contribution in [-0.2, 0) is 26.3 Å². The fraction of sp³-hybridized carbons (Fsp3) is 0.533. The molecular weight excluding hydrogens is 552 g/mol. The van der Waals surface area contributed by atoms with Gasteiger partial charge in [0, 0.05) is 12.0 Å². The minimum Gasteiger partial charge on any atom is -0.348 e. The van der Waals surface area contributed by atoms with Crippen LogP contribution < -0.4 is 16.0 Å². The number of amides is 5. The Balaban J connectivity index is 1.27.